The van der Waals surface area contributed by atoms with Crippen LogP contribution in [0.1, 0.15) is 27.2 Å². The van der Waals surface area contributed by atoms with Crippen LogP contribution in [0.4, 0.5) is 5.69 Å². The lowest BCUT2D eigenvalue weighted by Gasteiger charge is -2.29. The molecule has 2 aromatic rings. The zero-order valence-electron chi connectivity index (χ0n) is 19.5. The van der Waals surface area contributed by atoms with Gasteiger partial charge in [0.15, 0.2) is 0 Å². The van der Waals surface area contributed by atoms with Gasteiger partial charge in [-0.15, -0.1) is 0 Å². The molecule has 0 unspecified atom stereocenters. The van der Waals surface area contributed by atoms with Gasteiger partial charge in [0.05, 0.1) is 32.1 Å². The number of hydrogen-bond acceptors (Lipinski definition) is 9. The monoisotopic (exact) mass is 468 g/mol. The summed E-state index contributed by atoms with van der Waals surface area (Å²) in [6.07, 6.45) is 0. The second kappa shape index (κ2) is 11.3. The number of ether oxygens (including phenoxy) is 3. The van der Waals surface area contributed by atoms with Crippen molar-refractivity contribution >= 4 is 17.3 Å². The van der Waals surface area contributed by atoms with Gasteiger partial charge in [-0.3, -0.25) is 9.69 Å². The molecular weight excluding hydrogens is 436 g/mol. The van der Waals surface area contributed by atoms with E-state index in [1.165, 1.54) is 0 Å². The molecule has 1 aromatic carbocycles. The summed E-state index contributed by atoms with van der Waals surface area (Å²) in [5, 5.41) is 4.03. The third-order valence-corrected chi connectivity index (χ3v) is 5.93. The Morgan fingerprint density at radius 1 is 1.03 bits per heavy atom. The number of rotatable bonds is 8. The van der Waals surface area contributed by atoms with Gasteiger partial charge in [0.1, 0.15) is 12.3 Å². The Hall–Kier alpha value is -3.21. The molecule has 4 rings (SSSR count). The maximum atomic E-state index is 11.8. The van der Waals surface area contributed by atoms with Crippen LogP contribution in [0, 0.1) is 6.92 Å². The second-order valence-electron chi connectivity index (χ2n) is 8.38. The number of nitrogens with two attached hydrogens (primary N) is 2. The van der Waals surface area contributed by atoms with Gasteiger partial charge in [-0.1, -0.05) is 0 Å². The number of carbonyl (C=O) groups is 1. The van der Waals surface area contributed by atoms with E-state index in [9.17, 15) is 4.79 Å². The first-order valence-corrected chi connectivity index (χ1v) is 11.5. The van der Waals surface area contributed by atoms with E-state index in [1.807, 2.05) is 25.1 Å². The lowest BCUT2D eigenvalue weighted by atomic mass is 10.00. The fourth-order valence-electron chi connectivity index (χ4n) is 4.15. The molecule has 34 heavy (non-hydrogen) atoms. The molecule has 3 heterocycles. The van der Waals surface area contributed by atoms with Gasteiger partial charge in [-0.05, 0) is 36.8 Å². The molecule has 2 fully saturated rings. The average Bonchev–Trinajstić information content (AvgIpc) is 2.85. The van der Waals surface area contributed by atoms with Gasteiger partial charge in [-0.25, -0.2) is 4.98 Å². The highest BCUT2D eigenvalue weighted by atomic mass is 16.5. The van der Waals surface area contributed by atoms with Crippen LogP contribution < -0.4 is 21.2 Å². The van der Waals surface area contributed by atoms with Crippen molar-refractivity contribution in [3.8, 4) is 5.88 Å². The van der Waals surface area contributed by atoms with Crippen molar-refractivity contribution in [2.24, 2.45) is 16.7 Å². The summed E-state index contributed by atoms with van der Waals surface area (Å²) < 4.78 is 17.0. The minimum Gasteiger partial charge on any atom is -0.476 e. The van der Waals surface area contributed by atoms with Gasteiger partial charge in [0.25, 0.3) is 0 Å². The van der Waals surface area contributed by atoms with Crippen LogP contribution in [-0.2, 0) is 9.47 Å². The number of hydrazone groups is 1. The molecule has 182 valence electrons. The van der Waals surface area contributed by atoms with Gasteiger partial charge >= 0.3 is 0 Å². The van der Waals surface area contributed by atoms with Gasteiger partial charge in [0, 0.05) is 55.6 Å². The lowest BCUT2D eigenvalue weighted by molar-refractivity contribution is 0.0320. The summed E-state index contributed by atoms with van der Waals surface area (Å²) in [6.45, 7) is 9.32. The molecule has 0 aliphatic carbocycles. The van der Waals surface area contributed by atoms with Crippen LogP contribution in [0.15, 0.2) is 35.4 Å². The summed E-state index contributed by atoms with van der Waals surface area (Å²) in [6, 6.07) is 9.20. The maximum absolute atomic E-state index is 11.8. The van der Waals surface area contributed by atoms with E-state index < -0.39 is 5.91 Å². The normalized spacial score (nSPS) is 17.6. The molecule has 2 aliphatic rings. The highest BCUT2D eigenvalue weighted by Crippen LogP contribution is 2.25. The third-order valence-electron chi connectivity index (χ3n) is 5.93. The molecule has 1 amide bonds. The number of carbonyl (C=O) groups excluding carboxylic acids is 1. The standard InChI is InChI=1S/C24H32N6O4/c1-17-12-18(14-19(13-17)24(25)31)23(28-26)21-15-20(30-5-9-33-10-6-30)16-22(27-21)34-11-4-29-2-7-32-8-3-29/h12-16H,2-11,26H2,1H3,(H2,25,31)/b28-23+. The fourth-order valence-corrected chi connectivity index (χ4v) is 4.15. The number of primary amides is 1. The summed E-state index contributed by atoms with van der Waals surface area (Å²) in [5.74, 6) is 5.81. The Morgan fingerprint density at radius 3 is 2.38 bits per heavy atom. The minimum atomic E-state index is -0.511. The van der Waals surface area contributed by atoms with Crippen LogP contribution in [0.5, 0.6) is 5.88 Å². The predicted octanol–water partition coefficient (Wildman–Crippen LogP) is 0.748. The molecule has 10 nitrogen and oxygen atoms in total. The number of aryl methyl sites for hydroxylation is 1. The number of nitrogens with zero attached hydrogens (tertiary/aromatic N) is 4. The number of morpholine rings is 2. The topological polar surface area (TPSA) is 129 Å². The molecular formula is C24H32N6O4. The van der Waals surface area contributed by atoms with E-state index >= 15 is 0 Å². The lowest BCUT2D eigenvalue weighted by Crippen LogP contribution is -2.38. The van der Waals surface area contributed by atoms with Gasteiger partial charge in [-0.2, -0.15) is 5.10 Å². The van der Waals surface area contributed by atoms with Crippen LogP contribution in [0.2, 0.25) is 0 Å². The summed E-state index contributed by atoms with van der Waals surface area (Å²) in [5.41, 5.74) is 9.43. The summed E-state index contributed by atoms with van der Waals surface area (Å²) >= 11 is 0. The number of aromatic nitrogens is 1. The number of pyridine rings is 1. The molecule has 2 aliphatic heterocycles. The third kappa shape index (κ3) is 6.02. The smallest absolute Gasteiger partial charge is 0.248 e. The van der Waals surface area contributed by atoms with Crippen molar-refractivity contribution in [2.75, 3.05) is 70.7 Å². The molecule has 0 atom stereocenters. The number of benzene rings is 1. The van der Waals surface area contributed by atoms with Crippen molar-refractivity contribution in [1.29, 1.82) is 0 Å². The van der Waals surface area contributed by atoms with Crippen LogP contribution in [0.3, 0.4) is 0 Å². The molecule has 0 saturated carbocycles. The fraction of sp³-hybridized carbons (Fsp3) is 0.458. The number of hydrogen-bond donors (Lipinski definition) is 2. The molecule has 0 radical (unpaired) electrons. The van der Waals surface area contributed by atoms with E-state index in [2.05, 4.69) is 14.9 Å². The Balaban J connectivity index is 1.62. The Morgan fingerprint density at radius 2 is 1.71 bits per heavy atom. The SMILES string of the molecule is Cc1cc(C(N)=O)cc(/C(=N\N)c2cc(N3CCOCC3)cc(OCCN3CCOCC3)n2)c1. The summed E-state index contributed by atoms with van der Waals surface area (Å²) in [7, 11) is 0. The van der Waals surface area contributed by atoms with Crippen molar-refractivity contribution in [3.63, 3.8) is 0 Å². The molecule has 0 spiro atoms. The predicted molar refractivity (Wildman–Crippen MR) is 130 cm³/mol. The highest BCUT2D eigenvalue weighted by Gasteiger charge is 2.19. The van der Waals surface area contributed by atoms with E-state index in [1.54, 1.807) is 12.1 Å². The van der Waals surface area contributed by atoms with E-state index in [0.29, 0.717) is 48.2 Å². The number of anilines is 1. The van der Waals surface area contributed by atoms with Crippen molar-refractivity contribution in [3.05, 3.63) is 52.7 Å². The van der Waals surface area contributed by atoms with Crippen molar-refractivity contribution in [2.45, 2.75) is 6.92 Å². The molecule has 10 heteroatoms. The first-order valence-electron chi connectivity index (χ1n) is 11.5. The van der Waals surface area contributed by atoms with Crippen LogP contribution in [-0.4, -0.2) is 87.3 Å². The van der Waals surface area contributed by atoms with Gasteiger partial charge < -0.3 is 30.7 Å². The number of amides is 1. The first kappa shape index (κ1) is 23.9. The quantitative estimate of drug-likeness (QED) is 0.330. The van der Waals surface area contributed by atoms with Gasteiger partial charge in [0.2, 0.25) is 11.8 Å². The molecule has 2 saturated heterocycles. The zero-order chi connectivity index (χ0) is 23.9. The van der Waals surface area contributed by atoms with Crippen LogP contribution >= 0.6 is 0 Å². The maximum Gasteiger partial charge on any atom is 0.248 e. The van der Waals surface area contributed by atoms with E-state index in [4.69, 9.17) is 30.8 Å². The van der Waals surface area contributed by atoms with Crippen LogP contribution in [0.25, 0.3) is 0 Å². The average molecular weight is 469 g/mol. The Labute approximate surface area is 199 Å². The molecule has 0 bridgehead atoms. The molecule has 4 N–H and O–H groups in total. The minimum absolute atomic E-state index is 0.391. The second-order valence-corrected chi connectivity index (χ2v) is 8.38. The first-order chi connectivity index (χ1) is 16.5. The Bertz CT molecular complexity index is 1030. The van der Waals surface area contributed by atoms with E-state index in [0.717, 1.165) is 57.2 Å². The Kier molecular flexibility index (Phi) is 7.94. The van der Waals surface area contributed by atoms with Crippen molar-refractivity contribution < 1.29 is 19.0 Å². The van der Waals surface area contributed by atoms with E-state index in [-0.39, 0.29) is 0 Å². The zero-order valence-corrected chi connectivity index (χ0v) is 19.5. The van der Waals surface area contributed by atoms with Crippen molar-refractivity contribution in [1.82, 2.24) is 9.88 Å². The largest absolute Gasteiger partial charge is 0.476 e. The summed E-state index contributed by atoms with van der Waals surface area (Å²) in [4.78, 5) is 21.0. The molecule has 1 aromatic heterocycles. The highest BCUT2D eigenvalue weighted by molar-refractivity contribution is 6.13.